The van der Waals surface area contributed by atoms with Crippen LogP contribution < -0.4 is 0 Å². The van der Waals surface area contributed by atoms with Gasteiger partial charge in [-0.25, -0.2) is 0 Å². The Labute approximate surface area is 116 Å². The second-order valence-electron chi connectivity index (χ2n) is 5.77. The van der Waals surface area contributed by atoms with Gasteiger partial charge in [-0.1, -0.05) is 18.2 Å². The molecule has 1 aliphatic rings. The van der Waals surface area contributed by atoms with E-state index in [4.69, 9.17) is 0 Å². The Hall–Kier alpha value is -1.19. The van der Waals surface area contributed by atoms with E-state index in [2.05, 4.69) is 55.9 Å². The van der Waals surface area contributed by atoms with Crippen molar-refractivity contribution in [3.63, 3.8) is 0 Å². The first-order chi connectivity index (χ1) is 8.99. The molecule has 1 heterocycles. The molecule has 0 saturated carbocycles. The highest BCUT2D eigenvalue weighted by Gasteiger charge is 2.28. The van der Waals surface area contributed by atoms with Crippen molar-refractivity contribution in [3.8, 4) is 0 Å². The summed E-state index contributed by atoms with van der Waals surface area (Å²) in [5.41, 5.74) is 3.65. The van der Waals surface area contributed by atoms with E-state index in [1.807, 2.05) is 0 Å². The Kier molecular flexibility index (Phi) is 4.38. The van der Waals surface area contributed by atoms with Gasteiger partial charge in [0.05, 0.1) is 6.04 Å². The van der Waals surface area contributed by atoms with Gasteiger partial charge >= 0.3 is 0 Å². The Morgan fingerprint density at radius 3 is 2.47 bits per heavy atom. The van der Waals surface area contributed by atoms with Crippen LogP contribution >= 0.6 is 0 Å². The molecule has 0 amide bonds. The number of Topliss-reactive ketones (excluding diaryl/α,β-unsaturated/α-hetero) is 1. The lowest BCUT2D eigenvalue weighted by atomic mass is 9.94. The molecule has 1 saturated heterocycles. The lowest BCUT2D eigenvalue weighted by Gasteiger charge is -2.36. The van der Waals surface area contributed by atoms with E-state index in [1.165, 1.54) is 16.7 Å². The molecule has 0 aromatic heterocycles. The summed E-state index contributed by atoms with van der Waals surface area (Å²) >= 11 is 0. The highest BCUT2D eigenvalue weighted by molar-refractivity contribution is 5.87. The van der Waals surface area contributed by atoms with Crippen molar-refractivity contribution < 1.29 is 4.79 Å². The Morgan fingerprint density at radius 2 is 1.84 bits per heavy atom. The minimum Gasteiger partial charge on any atom is -0.303 e. The summed E-state index contributed by atoms with van der Waals surface area (Å²) < 4.78 is 0. The first kappa shape index (κ1) is 14.2. The molecule has 2 rings (SSSR count). The monoisotopic (exact) mass is 260 g/mol. The summed E-state index contributed by atoms with van der Waals surface area (Å²) in [6.45, 7) is 7.04. The van der Waals surface area contributed by atoms with Gasteiger partial charge in [0.2, 0.25) is 0 Å². The summed E-state index contributed by atoms with van der Waals surface area (Å²) in [6.07, 6.45) is 0.557. The van der Waals surface area contributed by atoms with Crippen molar-refractivity contribution >= 4 is 5.78 Å². The maximum absolute atomic E-state index is 12.6. The van der Waals surface area contributed by atoms with Gasteiger partial charge in [-0.15, -0.1) is 0 Å². The molecule has 3 heteroatoms. The van der Waals surface area contributed by atoms with E-state index >= 15 is 0 Å². The molecule has 1 aromatic rings. The first-order valence-electron chi connectivity index (χ1n) is 6.95. The zero-order valence-electron chi connectivity index (χ0n) is 12.4. The van der Waals surface area contributed by atoms with Gasteiger partial charge in [0.15, 0.2) is 5.78 Å². The molecule has 0 radical (unpaired) electrons. The van der Waals surface area contributed by atoms with Gasteiger partial charge in [0, 0.05) is 26.1 Å². The predicted molar refractivity (Wildman–Crippen MR) is 78.5 cm³/mol. The van der Waals surface area contributed by atoms with Crippen LogP contribution in [0.2, 0.25) is 0 Å². The van der Waals surface area contributed by atoms with Crippen LogP contribution in [0, 0.1) is 13.8 Å². The lowest BCUT2D eigenvalue weighted by molar-refractivity contribution is -0.125. The third-order valence-electron chi connectivity index (χ3n) is 4.22. The molecule has 0 bridgehead atoms. The lowest BCUT2D eigenvalue weighted by Crippen LogP contribution is -2.53. The fraction of sp³-hybridized carbons (Fsp3) is 0.562. The minimum atomic E-state index is 0.0396. The standard InChI is InChI=1S/C16H24N2O/c1-12-6-5-7-13(2)14(12)10-16(19)15-11-17(3)8-9-18(15)4/h5-7,15H,8-11H2,1-4H3. The van der Waals surface area contributed by atoms with E-state index < -0.39 is 0 Å². The van der Waals surface area contributed by atoms with E-state index in [-0.39, 0.29) is 6.04 Å². The normalized spacial score (nSPS) is 21.6. The molecular formula is C16H24N2O. The predicted octanol–water partition coefficient (Wildman–Crippen LogP) is 1.66. The minimum absolute atomic E-state index is 0.0396. The quantitative estimate of drug-likeness (QED) is 0.826. The second-order valence-corrected chi connectivity index (χ2v) is 5.77. The molecule has 3 nitrogen and oxygen atoms in total. The van der Waals surface area contributed by atoms with E-state index in [9.17, 15) is 4.79 Å². The van der Waals surface area contributed by atoms with Gasteiger partial charge in [-0.3, -0.25) is 9.69 Å². The molecule has 1 aliphatic heterocycles. The number of likely N-dealkylation sites (N-methyl/N-ethyl adjacent to an activating group) is 2. The molecular weight excluding hydrogens is 236 g/mol. The van der Waals surface area contributed by atoms with Gasteiger partial charge in [0.25, 0.3) is 0 Å². The van der Waals surface area contributed by atoms with Crippen molar-refractivity contribution in [1.82, 2.24) is 9.80 Å². The summed E-state index contributed by atoms with van der Waals surface area (Å²) in [5.74, 6) is 0.339. The smallest absolute Gasteiger partial charge is 0.155 e. The average molecular weight is 260 g/mol. The Morgan fingerprint density at radius 1 is 1.21 bits per heavy atom. The second kappa shape index (κ2) is 5.85. The molecule has 1 fully saturated rings. The van der Waals surface area contributed by atoms with Crippen LogP contribution in [-0.2, 0) is 11.2 Å². The summed E-state index contributed by atoms with van der Waals surface area (Å²) in [5, 5.41) is 0. The number of carbonyl (C=O) groups is 1. The SMILES string of the molecule is Cc1cccc(C)c1CC(=O)C1CN(C)CCN1C. The number of benzene rings is 1. The van der Waals surface area contributed by atoms with E-state index in [1.54, 1.807) is 0 Å². The van der Waals surface area contributed by atoms with Crippen LogP contribution in [0.15, 0.2) is 18.2 Å². The van der Waals surface area contributed by atoms with Crippen molar-refractivity contribution in [2.45, 2.75) is 26.3 Å². The molecule has 0 spiro atoms. The van der Waals surface area contributed by atoms with Crippen LogP contribution in [0.25, 0.3) is 0 Å². The summed E-state index contributed by atoms with van der Waals surface area (Å²) in [4.78, 5) is 17.0. The highest BCUT2D eigenvalue weighted by Crippen LogP contribution is 2.17. The Bertz CT molecular complexity index is 450. The molecule has 1 unspecified atom stereocenters. The summed E-state index contributed by atoms with van der Waals surface area (Å²) in [7, 11) is 4.15. The van der Waals surface area contributed by atoms with E-state index in [0.29, 0.717) is 12.2 Å². The van der Waals surface area contributed by atoms with E-state index in [0.717, 1.165) is 19.6 Å². The molecule has 104 valence electrons. The summed E-state index contributed by atoms with van der Waals surface area (Å²) in [6, 6.07) is 6.27. The molecule has 1 atom stereocenters. The number of aryl methyl sites for hydroxylation is 2. The van der Waals surface area contributed by atoms with Crippen LogP contribution in [0.4, 0.5) is 0 Å². The van der Waals surface area contributed by atoms with Gasteiger partial charge in [-0.2, -0.15) is 0 Å². The maximum Gasteiger partial charge on any atom is 0.155 e. The number of hydrogen-bond donors (Lipinski definition) is 0. The Balaban J connectivity index is 2.12. The van der Waals surface area contributed by atoms with Crippen molar-refractivity contribution in [3.05, 3.63) is 34.9 Å². The molecule has 19 heavy (non-hydrogen) atoms. The fourth-order valence-corrected chi connectivity index (χ4v) is 2.78. The van der Waals surface area contributed by atoms with Crippen molar-refractivity contribution in [2.75, 3.05) is 33.7 Å². The number of hydrogen-bond acceptors (Lipinski definition) is 3. The molecule has 0 aliphatic carbocycles. The number of piperazine rings is 1. The topological polar surface area (TPSA) is 23.6 Å². The highest BCUT2D eigenvalue weighted by atomic mass is 16.1. The van der Waals surface area contributed by atoms with Crippen molar-refractivity contribution in [2.24, 2.45) is 0 Å². The van der Waals surface area contributed by atoms with Gasteiger partial charge in [-0.05, 0) is 44.6 Å². The van der Waals surface area contributed by atoms with Crippen LogP contribution in [0.1, 0.15) is 16.7 Å². The largest absolute Gasteiger partial charge is 0.303 e. The average Bonchev–Trinajstić information content (AvgIpc) is 2.37. The maximum atomic E-state index is 12.6. The first-order valence-corrected chi connectivity index (χ1v) is 6.95. The van der Waals surface area contributed by atoms with Gasteiger partial charge < -0.3 is 4.90 Å². The van der Waals surface area contributed by atoms with Crippen molar-refractivity contribution in [1.29, 1.82) is 0 Å². The molecule has 1 aromatic carbocycles. The van der Waals surface area contributed by atoms with Crippen LogP contribution in [-0.4, -0.2) is 55.4 Å². The van der Waals surface area contributed by atoms with Crippen LogP contribution in [0.3, 0.4) is 0 Å². The fourth-order valence-electron chi connectivity index (χ4n) is 2.78. The van der Waals surface area contributed by atoms with Crippen LogP contribution in [0.5, 0.6) is 0 Å². The number of nitrogens with zero attached hydrogens (tertiary/aromatic N) is 2. The zero-order valence-corrected chi connectivity index (χ0v) is 12.4. The number of rotatable bonds is 3. The number of carbonyl (C=O) groups excluding carboxylic acids is 1. The van der Waals surface area contributed by atoms with Gasteiger partial charge in [0.1, 0.15) is 0 Å². The zero-order chi connectivity index (χ0) is 14.0. The molecule has 0 N–H and O–H groups in total. The third kappa shape index (κ3) is 3.23. The number of ketones is 1. The third-order valence-corrected chi connectivity index (χ3v) is 4.22.